The molecular formula is C18H16N4O4S. The van der Waals surface area contributed by atoms with E-state index in [1.54, 1.807) is 48.1 Å². The van der Waals surface area contributed by atoms with Crippen LogP contribution in [-0.4, -0.2) is 27.1 Å². The molecule has 27 heavy (non-hydrogen) atoms. The number of carbonyl (C=O) groups excluding carboxylic acids is 2. The Kier molecular flexibility index (Phi) is 5.95. The summed E-state index contributed by atoms with van der Waals surface area (Å²) in [6.45, 7) is 0.0981. The third-order valence-corrected chi connectivity index (χ3v) is 4.18. The summed E-state index contributed by atoms with van der Waals surface area (Å²) in [5.41, 5.74) is 1.60. The zero-order chi connectivity index (χ0) is 19.1. The lowest BCUT2D eigenvalue weighted by Gasteiger charge is -2.06. The summed E-state index contributed by atoms with van der Waals surface area (Å²) < 4.78 is 5.08. The van der Waals surface area contributed by atoms with E-state index in [0.29, 0.717) is 16.5 Å². The van der Waals surface area contributed by atoms with E-state index in [-0.39, 0.29) is 24.7 Å². The topological polar surface area (TPSA) is 113 Å². The smallest absolute Gasteiger partial charge is 0.413 e. The first kappa shape index (κ1) is 18.3. The highest BCUT2D eigenvalue weighted by atomic mass is 32.1. The fraction of sp³-hybridized carbons (Fsp3) is 0.111. The van der Waals surface area contributed by atoms with Gasteiger partial charge in [0, 0.05) is 23.3 Å². The van der Waals surface area contributed by atoms with Crippen LogP contribution >= 0.6 is 11.3 Å². The number of nitrogens with zero attached hydrogens (tertiary/aromatic N) is 2. The molecule has 0 aliphatic heterocycles. The number of pyridine rings is 1. The molecular weight excluding hydrogens is 368 g/mol. The van der Waals surface area contributed by atoms with Crippen LogP contribution < -0.4 is 10.6 Å². The number of carbonyl (C=O) groups is 2. The van der Waals surface area contributed by atoms with E-state index in [0.717, 1.165) is 5.56 Å². The minimum absolute atomic E-state index is 0.0112. The van der Waals surface area contributed by atoms with Crippen molar-refractivity contribution < 1.29 is 19.4 Å². The second kappa shape index (κ2) is 8.77. The molecule has 0 radical (unpaired) electrons. The van der Waals surface area contributed by atoms with Crippen molar-refractivity contribution in [3.63, 3.8) is 0 Å². The van der Waals surface area contributed by atoms with Crippen molar-refractivity contribution in [2.45, 2.75) is 13.0 Å². The molecule has 2 amide bonds. The third-order valence-electron chi connectivity index (χ3n) is 3.37. The number of aromatic hydroxyl groups is 1. The summed E-state index contributed by atoms with van der Waals surface area (Å²) in [6.07, 6.45) is 2.61. The molecule has 0 saturated heterocycles. The molecule has 8 nitrogen and oxygen atoms in total. The van der Waals surface area contributed by atoms with Gasteiger partial charge in [-0.2, -0.15) is 0 Å². The highest BCUT2D eigenvalue weighted by Crippen LogP contribution is 2.22. The van der Waals surface area contributed by atoms with Crippen molar-refractivity contribution in [3.05, 3.63) is 65.4 Å². The Hall–Kier alpha value is -3.46. The molecule has 0 spiro atoms. The Labute approximate surface area is 158 Å². The van der Waals surface area contributed by atoms with Crippen LogP contribution in [0.25, 0.3) is 0 Å². The van der Waals surface area contributed by atoms with Crippen LogP contribution in [0.2, 0.25) is 0 Å². The number of phenols is 1. The summed E-state index contributed by atoms with van der Waals surface area (Å²) >= 11 is 1.19. The van der Waals surface area contributed by atoms with Gasteiger partial charge in [-0.15, -0.1) is 11.3 Å². The van der Waals surface area contributed by atoms with Gasteiger partial charge in [0.25, 0.3) is 0 Å². The van der Waals surface area contributed by atoms with Crippen LogP contribution in [0, 0.1) is 0 Å². The quantitative estimate of drug-likeness (QED) is 0.563. The molecule has 2 aromatic heterocycles. The Balaban J connectivity index is 1.48. The van der Waals surface area contributed by atoms with Crippen LogP contribution in [0.15, 0.2) is 54.2 Å². The van der Waals surface area contributed by atoms with Gasteiger partial charge in [-0.1, -0.05) is 18.2 Å². The van der Waals surface area contributed by atoms with E-state index < -0.39 is 6.09 Å². The number of rotatable bonds is 6. The molecule has 0 aliphatic rings. The van der Waals surface area contributed by atoms with E-state index in [1.165, 1.54) is 17.4 Å². The van der Waals surface area contributed by atoms with Crippen molar-refractivity contribution in [1.82, 2.24) is 9.97 Å². The second-order valence-electron chi connectivity index (χ2n) is 5.45. The molecule has 0 unspecified atom stereocenters. The summed E-state index contributed by atoms with van der Waals surface area (Å²) in [7, 11) is 0. The molecule has 0 fully saturated rings. The number of thiazole rings is 1. The number of para-hydroxylation sites is 2. The minimum Gasteiger partial charge on any atom is -0.506 e. The van der Waals surface area contributed by atoms with Gasteiger partial charge in [0.15, 0.2) is 5.13 Å². The standard InChI is InChI=1S/C18H16N4O4S/c23-15-6-2-1-5-14(15)21-16(24)8-13-11-27-17(20-13)22-18(25)26-10-12-4-3-7-19-9-12/h1-7,9,11,23H,8,10H2,(H,21,24)(H,20,22,25). The van der Waals surface area contributed by atoms with Gasteiger partial charge in [-0.25, -0.2) is 9.78 Å². The van der Waals surface area contributed by atoms with E-state index in [2.05, 4.69) is 20.6 Å². The van der Waals surface area contributed by atoms with Crippen LogP contribution in [0.4, 0.5) is 15.6 Å². The number of hydrogen-bond donors (Lipinski definition) is 3. The van der Waals surface area contributed by atoms with E-state index >= 15 is 0 Å². The number of phenolic OH excluding ortho intramolecular Hbond substituents is 1. The Morgan fingerprint density at radius 3 is 2.78 bits per heavy atom. The lowest BCUT2D eigenvalue weighted by atomic mass is 10.2. The Morgan fingerprint density at radius 2 is 2.00 bits per heavy atom. The largest absolute Gasteiger partial charge is 0.506 e. The predicted molar refractivity (Wildman–Crippen MR) is 101 cm³/mol. The maximum Gasteiger partial charge on any atom is 0.413 e. The summed E-state index contributed by atoms with van der Waals surface area (Å²) in [6, 6.07) is 10.0. The lowest BCUT2D eigenvalue weighted by molar-refractivity contribution is -0.115. The molecule has 3 N–H and O–H groups in total. The second-order valence-corrected chi connectivity index (χ2v) is 6.31. The van der Waals surface area contributed by atoms with Crippen LogP contribution in [0.5, 0.6) is 5.75 Å². The van der Waals surface area contributed by atoms with Gasteiger partial charge in [-0.3, -0.25) is 15.1 Å². The number of amides is 2. The summed E-state index contributed by atoms with van der Waals surface area (Å²) in [4.78, 5) is 32.0. The van der Waals surface area contributed by atoms with Crippen molar-refractivity contribution in [2.75, 3.05) is 10.6 Å². The van der Waals surface area contributed by atoms with Gasteiger partial charge in [-0.05, 0) is 18.2 Å². The molecule has 3 aromatic rings. The average Bonchev–Trinajstić information content (AvgIpc) is 3.09. The summed E-state index contributed by atoms with van der Waals surface area (Å²) in [5.74, 6) is -0.338. The first-order valence-corrected chi connectivity index (χ1v) is 8.83. The van der Waals surface area contributed by atoms with Crippen molar-refractivity contribution in [1.29, 1.82) is 0 Å². The first-order valence-electron chi connectivity index (χ1n) is 7.95. The average molecular weight is 384 g/mol. The predicted octanol–water partition coefficient (Wildman–Crippen LogP) is 3.17. The fourth-order valence-corrected chi connectivity index (χ4v) is 2.84. The molecule has 3 rings (SSSR count). The lowest BCUT2D eigenvalue weighted by Crippen LogP contribution is -2.15. The first-order chi connectivity index (χ1) is 13.1. The summed E-state index contributed by atoms with van der Waals surface area (Å²) in [5, 5.41) is 16.8. The minimum atomic E-state index is -0.640. The van der Waals surface area contributed by atoms with E-state index in [4.69, 9.17) is 4.74 Å². The number of anilines is 2. The normalized spacial score (nSPS) is 10.2. The monoisotopic (exact) mass is 384 g/mol. The fourth-order valence-electron chi connectivity index (χ4n) is 2.14. The maximum absolute atomic E-state index is 12.0. The highest BCUT2D eigenvalue weighted by Gasteiger charge is 2.12. The van der Waals surface area contributed by atoms with Gasteiger partial charge in [0.2, 0.25) is 5.91 Å². The molecule has 0 atom stereocenters. The Morgan fingerprint density at radius 1 is 1.15 bits per heavy atom. The van der Waals surface area contributed by atoms with Gasteiger partial charge in [0.05, 0.1) is 17.8 Å². The van der Waals surface area contributed by atoms with Crippen molar-refractivity contribution >= 4 is 34.2 Å². The third kappa shape index (κ3) is 5.51. The highest BCUT2D eigenvalue weighted by molar-refractivity contribution is 7.13. The van der Waals surface area contributed by atoms with Crippen molar-refractivity contribution in [2.24, 2.45) is 0 Å². The molecule has 0 saturated carbocycles. The van der Waals surface area contributed by atoms with Crippen LogP contribution in [-0.2, 0) is 22.6 Å². The van der Waals surface area contributed by atoms with Gasteiger partial charge < -0.3 is 15.2 Å². The molecule has 1 aromatic carbocycles. The van der Waals surface area contributed by atoms with Gasteiger partial charge >= 0.3 is 6.09 Å². The van der Waals surface area contributed by atoms with E-state index in [1.807, 2.05) is 0 Å². The number of nitrogens with one attached hydrogen (secondary N) is 2. The Bertz CT molecular complexity index is 930. The molecule has 0 aliphatic carbocycles. The number of ether oxygens (including phenoxy) is 1. The number of aromatic nitrogens is 2. The zero-order valence-electron chi connectivity index (χ0n) is 14.1. The van der Waals surface area contributed by atoms with Crippen LogP contribution in [0.1, 0.15) is 11.3 Å². The SMILES string of the molecule is O=C(Cc1csc(NC(=O)OCc2cccnc2)n1)Nc1ccccc1O. The van der Waals surface area contributed by atoms with Crippen LogP contribution in [0.3, 0.4) is 0 Å². The molecule has 138 valence electrons. The maximum atomic E-state index is 12.0. The zero-order valence-corrected chi connectivity index (χ0v) is 14.9. The van der Waals surface area contributed by atoms with Crippen molar-refractivity contribution in [3.8, 4) is 5.75 Å². The molecule has 9 heteroatoms. The molecule has 0 bridgehead atoms. The van der Waals surface area contributed by atoms with Gasteiger partial charge in [0.1, 0.15) is 12.4 Å². The number of benzene rings is 1. The molecule has 2 heterocycles. The van der Waals surface area contributed by atoms with E-state index in [9.17, 15) is 14.7 Å². The number of hydrogen-bond acceptors (Lipinski definition) is 7.